The molecule has 2 aliphatic heterocycles. The second-order valence-corrected chi connectivity index (χ2v) is 10.3. The van der Waals surface area contributed by atoms with Crippen molar-refractivity contribution in [3.05, 3.63) is 0 Å². The molecule has 26 heavy (non-hydrogen) atoms. The summed E-state index contributed by atoms with van der Waals surface area (Å²) in [6, 6.07) is 0. The zero-order chi connectivity index (χ0) is 19.1. The van der Waals surface area contributed by atoms with Gasteiger partial charge in [0, 0.05) is 30.5 Å². The zero-order valence-electron chi connectivity index (χ0n) is 16.1. The van der Waals surface area contributed by atoms with Gasteiger partial charge in [-0.2, -0.15) is 0 Å². The molecule has 0 saturated carbocycles. The standard InChI is InChI=1S/C9H19O5P.C7H13IO2.CH4/c1-9(2)13-5-8(6-14-9)7-15(10,11-3)12-4;1-7(2)9-4-6(3-8)5-10-7;/h8H,5-7H2,1-4H3;6H,3-5H2,1-2H3;1H4. The third-order valence-corrected chi connectivity index (χ3v) is 7.24. The third-order valence-electron chi connectivity index (χ3n) is 3.92. The van der Waals surface area contributed by atoms with Gasteiger partial charge >= 0.3 is 7.60 Å². The fraction of sp³-hybridized carbons (Fsp3) is 1.00. The average Bonchev–Trinajstić information content (AvgIpc) is 2.57. The van der Waals surface area contributed by atoms with Crippen molar-refractivity contribution in [1.29, 1.82) is 0 Å². The molecule has 158 valence electrons. The van der Waals surface area contributed by atoms with Gasteiger partial charge in [-0.3, -0.25) is 4.57 Å². The molecule has 0 unspecified atom stereocenters. The Morgan fingerprint density at radius 2 is 1.23 bits per heavy atom. The maximum atomic E-state index is 11.8. The summed E-state index contributed by atoms with van der Waals surface area (Å²) in [4.78, 5) is 0. The van der Waals surface area contributed by atoms with Crippen LogP contribution in [0.1, 0.15) is 35.1 Å². The number of hydrogen-bond donors (Lipinski definition) is 0. The Balaban J connectivity index is 0.000000497. The predicted octanol–water partition coefficient (Wildman–Crippen LogP) is 4.33. The van der Waals surface area contributed by atoms with Crippen molar-refractivity contribution in [2.24, 2.45) is 11.8 Å². The van der Waals surface area contributed by atoms with E-state index in [2.05, 4.69) is 22.6 Å². The molecule has 2 rings (SSSR count). The first-order chi connectivity index (χ1) is 11.5. The maximum Gasteiger partial charge on any atom is 0.330 e. The lowest BCUT2D eigenvalue weighted by molar-refractivity contribution is -0.259. The van der Waals surface area contributed by atoms with Gasteiger partial charge in [0.15, 0.2) is 11.6 Å². The summed E-state index contributed by atoms with van der Waals surface area (Å²) < 4.78 is 44.5. The summed E-state index contributed by atoms with van der Waals surface area (Å²) in [7, 11) is -0.176. The van der Waals surface area contributed by atoms with Gasteiger partial charge in [-0.25, -0.2) is 0 Å². The lowest BCUT2D eigenvalue weighted by Crippen LogP contribution is -2.40. The minimum atomic E-state index is -2.95. The van der Waals surface area contributed by atoms with Crippen molar-refractivity contribution >= 4 is 30.2 Å². The van der Waals surface area contributed by atoms with E-state index < -0.39 is 13.4 Å². The van der Waals surface area contributed by atoms with Crippen molar-refractivity contribution < 1.29 is 32.6 Å². The first-order valence-corrected chi connectivity index (χ1v) is 11.6. The molecule has 2 fully saturated rings. The van der Waals surface area contributed by atoms with Crippen LogP contribution in [0.25, 0.3) is 0 Å². The molecule has 0 amide bonds. The van der Waals surface area contributed by atoms with Gasteiger partial charge in [0.05, 0.1) is 32.6 Å². The molecule has 0 aromatic carbocycles. The molecule has 0 radical (unpaired) electrons. The van der Waals surface area contributed by atoms with Crippen LogP contribution in [0.4, 0.5) is 0 Å². The summed E-state index contributed by atoms with van der Waals surface area (Å²) in [5.41, 5.74) is 0. The summed E-state index contributed by atoms with van der Waals surface area (Å²) >= 11 is 2.36. The smallest absolute Gasteiger partial charge is 0.330 e. The van der Waals surface area contributed by atoms with Crippen molar-refractivity contribution in [2.75, 3.05) is 51.2 Å². The van der Waals surface area contributed by atoms with Gasteiger partial charge in [0.2, 0.25) is 0 Å². The molecule has 0 aromatic rings. The summed E-state index contributed by atoms with van der Waals surface area (Å²) in [6.45, 7) is 10.3. The minimum Gasteiger partial charge on any atom is -0.350 e. The second-order valence-electron chi connectivity index (χ2n) is 7.09. The van der Waals surface area contributed by atoms with E-state index in [0.29, 0.717) is 25.3 Å². The molecule has 0 bridgehead atoms. The SMILES string of the molecule is C.CC1(C)OCC(CI)CO1.COP(=O)(CC1COC(C)(C)OC1)OC. The van der Waals surface area contributed by atoms with E-state index in [-0.39, 0.29) is 19.1 Å². The Kier molecular flexibility index (Phi) is 12.0. The van der Waals surface area contributed by atoms with Gasteiger partial charge in [0.1, 0.15) is 0 Å². The predicted molar refractivity (Wildman–Crippen MR) is 111 cm³/mol. The number of hydrogen-bond acceptors (Lipinski definition) is 7. The van der Waals surface area contributed by atoms with Crippen LogP contribution in [-0.4, -0.2) is 62.8 Å². The Morgan fingerprint density at radius 3 is 1.54 bits per heavy atom. The quantitative estimate of drug-likeness (QED) is 0.310. The zero-order valence-corrected chi connectivity index (χ0v) is 19.1. The number of rotatable bonds is 5. The summed E-state index contributed by atoms with van der Waals surface area (Å²) in [5.74, 6) is -0.236. The molecule has 0 spiro atoms. The highest BCUT2D eigenvalue weighted by molar-refractivity contribution is 14.1. The molecule has 0 aliphatic carbocycles. The van der Waals surface area contributed by atoms with Gasteiger partial charge in [-0.05, 0) is 27.7 Å². The number of halogens is 1. The average molecular weight is 510 g/mol. The van der Waals surface area contributed by atoms with E-state index in [1.54, 1.807) is 0 Å². The lowest BCUT2D eigenvalue weighted by atomic mass is 10.2. The van der Waals surface area contributed by atoms with E-state index in [0.717, 1.165) is 17.6 Å². The lowest BCUT2D eigenvalue weighted by Gasteiger charge is -2.35. The van der Waals surface area contributed by atoms with Crippen LogP contribution in [0.15, 0.2) is 0 Å². The van der Waals surface area contributed by atoms with Crippen LogP contribution >= 0.6 is 30.2 Å². The van der Waals surface area contributed by atoms with Gasteiger partial charge < -0.3 is 28.0 Å². The first-order valence-electron chi connectivity index (χ1n) is 8.37. The topological polar surface area (TPSA) is 72.5 Å². The molecular formula is C17H36IO7P. The Bertz CT molecular complexity index is 417. The Hall–Kier alpha value is 0.720. The van der Waals surface area contributed by atoms with Gasteiger partial charge in [-0.1, -0.05) is 30.0 Å². The fourth-order valence-corrected chi connectivity index (χ4v) is 3.99. The molecule has 2 heterocycles. The third kappa shape index (κ3) is 9.78. The van der Waals surface area contributed by atoms with Crippen LogP contribution in [0.5, 0.6) is 0 Å². The normalized spacial score (nSPS) is 23.5. The van der Waals surface area contributed by atoms with Gasteiger partial charge in [0.25, 0.3) is 0 Å². The molecule has 2 saturated heterocycles. The maximum absolute atomic E-state index is 11.8. The largest absolute Gasteiger partial charge is 0.350 e. The molecule has 0 N–H and O–H groups in total. The Morgan fingerprint density at radius 1 is 0.885 bits per heavy atom. The Labute approximate surface area is 172 Å². The second kappa shape index (κ2) is 11.7. The van der Waals surface area contributed by atoms with E-state index in [9.17, 15) is 4.57 Å². The van der Waals surface area contributed by atoms with Crippen LogP contribution in [0.3, 0.4) is 0 Å². The van der Waals surface area contributed by atoms with Crippen molar-refractivity contribution in [2.45, 2.75) is 46.7 Å². The van der Waals surface area contributed by atoms with Crippen molar-refractivity contribution in [1.82, 2.24) is 0 Å². The highest BCUT2D eigenvalue weighted by atomic mass is 127. The fourth-order valence-electron chi connectivity index (χ4n) is 2.19. The van der Waals surface area contributed by atoms with E-state index in [1.165, 1.54) is 14.2 Å². The van der Waals surface area contributed by atoms with Gasteiger partial charge in [-0.15, -0.1) is 0 Å². The van der Waals surface area contributed by atoms with E-state index in [1.807, 2.05) is 27.7 Å². The van der Waals surface area contributed by atoms with E-state index in [4.69, 9.17) is 28.0 Å². The molecule has 9 heteroatoms. The van der Waals surface area contributed by atoms with Crippen LogP contribution in [-0.2, 0) is 32.6 Å². The molecule has 7 nitrogen and oxygen atoms in total. The van der Waals surface area contributed by atoms with Crippen LogP contribution in [0, 0.1) is 11.8 Å². The highest BCUT2D eigenvalue weighted by Crippen LogP contribution is 2.48. The van der Waals surface area contributed by atoms with E-state index >= 15 is 0 Å². The molecular weight excluding hydrogens is 474 g/mol. The first kappa shape index (κ1) is 26.7. The van der Waals surface area contributed by atoms with Crippen molar-refractivity contribution in [3.8, 4) is 0 Å². The van der Waals surface area contributed by atoms with Crippen LogP contribution in [0.2, 0.25) is 0 Å². The molecule has 0 atom stereocenters. The molecule has 0 aromatic heterocycles. The number of ether oxygens (including phenoxy) is 4. The van der Waals surface area contributed by atoms with Crippen LogP contribution < -0.4 is 0 Å². The highest BCUT2D eigenvalue weighted by Gasteiger charge is 2.34. The summed E-state index contributed by atoms with van der Waals surface area (Å²) in [5, 5.41) is 0. The molecule has 2 aliphatic rings. The minimum absolute atomic E-state index is 0. The monoisotopic (exact) mass is 510 g/mol. The number of alkyl halides is 1. The van der Waals surface area contributed by atoms with Crippen molar-refractivity contribution in [3.63, 3.8) is 0 Å². The summed E-state index contributed by atoms with van der Waals surface area (Å²) in [6.07, 6.45) is 0.329.